The smallest absolute Gasteiger partial charge is 0.150 e. The zero-order valence-corrected chi connectivity index (χ0v) is 13.2. The highest BCUT2D eigenvalue weighted by Crippen LogP contribution is 2.37. The number of rotatable bonds is 6. The molecular weight excluding hydrogens is 274 g/mol. The number of nitrogens with one attached hydrogen (secondary N) is 1. The molecular formula is C15H25NO3S. The minimum absolute atomic E-state index is 0.181. The molecule has 3 atom stereocenters. The van der Waals surface area contributed by atoms with Crippen molar-refractivity contribution in [1.29, 1.82) is 0 Å². The fourth-order valence-electron chi connectivity index (χ4n) is 3.18. The minimum atomic E-state index is -2.93. The largest absolute Gasteiger partial charge is 0.472 e. The van der Waals surface area contributed by atoms with Crippen molar-refractivity contribution in [3.63, 3.8) is 0 Å². The Morgan fingerprint density at radius 1 is 1.45 bits per heavy atom. The average molecular weight is 299 g/mol. The van der Waals surface area contributed by atoms with Crippen LogP contribution in [0.25, 0.3) is 0 Å². The van der Waals surface area contributed by atoms with Crippen molar-refractivity contribution in [3.8, 4) is 0 Å². The Morgan fingerprint density at radius 3 is 2.85 bits per heavy atom. The summed E-state index contributed by atoms with van der Waals surface area (Å²) >= 11 is 0. The first-order valence-electron chi connectivity index (χ1n) is 7.46. The van der Waals surface area contributed by atoms with Gasteiger partial charge >= 0.3 is 0 Å². The van der Waals surface area contributed by atoms with Crippen molar-refractivity contribution in [1.82, 2.24) is 5.32 Å². The molecule has 2 rings (SSSR count). The Hall–Kier alpha value is -0.810. The molecule has 0 amide bonds. The number of sulfone groups is 1. The van der Waals surface area contributed by atoms with Crippen LogP contribution < -0.4 is 5.32 Å². The highest BCUT2D eigenvalue weighted by molar-refractivity contribution is 7.91. The minimum Gasteiger partial charge on any atom is -0.472 e. The first-order valence-corrected chi connectivity index (χ1v) is 9.42. The van der Waals surface area contributed by atoms with Crippen LogP contribution in [0.1, 0.15) is 50.6 Å². The lowest BCUT2D eigenvalue weighted by atomic mass is 9.81. The van der Waals surface area contributed by atoms with Crippen LogP contribution in [0, 0.1) is 5.92 Å². The zero-order chi connectivity index (χ0) is 14.6. The summed E-state index contributed by atoms with van der Waals surface area (Å²) in [7, 11) is -2.93. The second-order valence-corrected chi connectivity index (χ2v) is 8.19. The van der Waals surface area contributed by atoms with Crippen LogP contribution in [0.2, 0.25) is 0 Å². The van der Waals surface area contributed by atoms with Crippen molar-refractivity contribution < 1.29 is 12.8 Å². The van der Waals surface area contributed by atoms with Crippen LogP contribution in [-0.4, -0.2) is 26.5 Å². The molecule has 1 aliphatic carbocycles. The molecule has 1 N–H and O–H groups in total. The quantitative estimate of drug-likeness (QED) is 0.877. The van der Waals surface area contributed by atoms with Gasteiger partial charge in [-0.15, -0.1) is 0 Å². The molecule has 20 heavy (non-hydrogen) atoms. The molecule has 0 bridgehead atoms. The van der Waals surface area contributed by atoms with Gasteiger partial charge in [-0.1, -0.05) is 13.3 Å². The van der Waals surface area contributed by atoms with Gasteiger partial charge in [0, 0.05) is 17.9 Å². The lowest BCUT2D eigenvalue weighted by Gasteiger charge is -2.34. The molecule has 0 aromatic carbocycles. The Labute approximate surface area is 121 Å². The number of hydrogen-bond donors (Lipinski definition) is 1. The van der Waals surface area contributed by atoms with Crippen LogP contribution in [0.15, 0.2) is 23.0 Å². The van der Waals surface area contributed by atoms with Gasteiger partial charge in [-0.3, -0.25) is 0 Å². The van der Waals surface area contributed by atoms with E-state index in [-0.39, 0.29) is 11.3 Å². The summed E-state index contributed by atoms with van der Waals surface area (Å²) < 4.78 is 28.8. The normalized spacial score (nSPS) is 25.5. The van der Waals surface area contributed by atoms with Crippen LogP contribution in [0.3, 0.4) is 0 Å². The number of furan rings is 1. The van der Waals surface area contributed by atoms with Crippen molar-refractivity contribution in [2.75, 3.05) is 12.8 Å². The van der Waals surface area contributed by atoms with Gasteiger partial charge in [-0.2, -0.15) is 0 Å². The van der Waals surface area contributed by atoms with E-state index in [1.807, 2.05) is 6.07 Å². The van der Waals surface area contributed by atoms with Crippen molar-refractivity contribution in [3.05, 3.63) is 24.2 Å². The number of hydrogen-bond acceptors (Lipinski definition) is 4. The van der Waals surface area contributed by atoms with Crippen LogP contribution in [0.5, 0.6) is 0 Å². The molecule has 1 aliphatic rings. The molecule has 4 nitrogen and oxygen atoms in total. The molecule has 0 aliphatic heterocycles. The summed E-state index contributed by atoms with van der Waals surface area (Å²) in [5.41, 5.74) is 1.14. The van der Waals surface area contributed by atoms with Gasteiger partial charge in [-0.25, -0.2) is 8.42 Å². The van der Waals surface area contributed by atoms with Crippen LogP contribution in [-0.2, 0) is 9.84 Å². The Kier molecular flexibility index (Phi) is 5.27. The van der Waals surface area contributed by atoms with Gasteiger partial charge in [-0.05, 0) is 44.2 Å². The topological polar surface area (TPSA) is 59.3 Å². The lowest BCUT2D eigenvalue weighted by Crippen LogP contribution is -2.35. The molecule has 0 saturated heterocycles. The van der Waals surface area contributed by atoms with E-state index in [0.717, 1.165) is 44.2 Å². The lowest BCUT2D eigenvalue weighted by molar-refractivity contribution is 0.272. The molecule has 1 aromatic rings. The predicted octanol–water partition coefficient (Wildman–Crippen LogP) is 2.92. The van der Waals surface area contributed by atoms with E-state index in [4.69, 9.17) is 4.42 Å². The maximum absolute atomic E-state index is 11.8. The van der Waals surface area contributed by atoms with E-state index >= 15 is 0 Å². The third-order valence-corrected chi connectivity index (χ3v) is 5.90. The van der Waals surface area contributed by atoms with Gasteiger partial charge in [0.15, 0.2) is 0 Å². The van der Waals surface area contributed by atoms with Crippen molar-refractivity contribution >= 4 is 9.84 Å². The van der Waals surface area contributed by atoms with E-state index in [1.54, 1.807) is 12.5 Å². The third kappa shape index (κ3) is 3.85. The predicted molar refractivity (Wildman–Crippen MR) is 80.3 cm³/mol. The fourth-order valence-corrected chi connectivity index (χ4v) is 4.37. The second kappa shape index (κ2) is 6.76. The molecule has 0 spiro atoms. The summed E-state index contributed by atoms with van der Waals surface area (Å²) in [5, 5.41) is 3.38. The van der Waals surface area contributed by atoms with E-state index in [2.05, 4.69) is 12.2 Å². The van der Waals surface area contributed by atoms with E-state index in [9.17, 15) is 8.42 Å². The van der Waals surface area contributed by atoms with E-state index < -0.39 is 9.84 Å². The maximum atomic E-state index is 11.8. The summed E-state index contributed by atoms with van der Waals surface area (Å²) in [6, 6.07) is 2.19. The second-order valence-electron chi connectivity index (χ2n) is 5.87. The van der Waals surface area contributed by atoms with Gasteiger partial charge in [0.25, 0.3) is 0 Å². The highest BCUT2D eigenvalue weighted by atomic mass is 32.2. The van der Waals surface area contributed by atoms with Gasteiger partial charge in [0.1, 0.15) is 9.84 Å². The van der Waals surface area contributed by atoms with Gasteiger partial charge in [0.2, 0.25) is 0 Å². The Morgan fingerprint density at radius 2 is 2.25 bits per heavy atom. The molecule has 1 aromatic heterocycles. The summed E-state index contributed by atoms with van der Waals surface area (Å²) in [6.07, 6.45) is 9.53. The first kappa shape index (κ1) is 15.6. The van der Waals surface area contributed by atoms with E-state index in [0.29, 0.717) is 5.92 Å². The zero-order valence-electron chi connectivity index (χ0n) is 12.3. The summed E-state index contributed by atoms with van der Waals surface area (Å²) in [6.45, 7) is 3.08. The first-order chi connectivity index (χ1) is 9.52. The molecule has 1 heterocycles. The van der Waals surface area contributed by atoms with E-state index in [1.165, 1.54) is 6.26 Å². The maximum Gasteiger partial charge on any atom is 0.150 e. The monoisotopic (exact) mass is 299 g/mol. The Bertz CT molecular complexity index is 495. The molecule has 5 heteroatoms. The fraction of sp³-hybridized carbons (Fsp3) is 0.733. The Balaban J connectivity index is 2.12. The van der Waals surface area contributed by atoms with Gasteiger partial charge < -0.3 is 9.73 Å². The molecule has 0 radical (unpaired) electrons. The summed E-state index contributed by atoms with van der Waals surface area (Å²) in [5.74, 6) is 0.368. The van der Waals surface area contributed by atoms with Crippen molar-refractivity contribution in [2.45, 2.75) is 50.3 Å². The standard InChI is InChI=1S/C15H25NO3S/c1-3-8-16-15(13-7-9-19-11-13)12-5-4-6-14(10-12)20(2,17)18/h7,9,11-12,14-16H,3-6,8,10H2,1-2H3. The molecule has 114 valence electrons. The van der Waals surface area contributed by atoms with Gasteiger partial charge in [0.05, 0.1) is 17.8 Å². The molecule has 1 saturated carbocycles. The SMILES string of the molecule is CCCNC(c1ccoc1)C1CCCC(S(C)(=O)=O)C1. The average Bonchev–Trinajstić information content (AvgIpc) is 2.92. The van der Waals surface area contributed by atoms with Crippen LogP contribution in [0.4, 0.5) is 0 Å². The molecule has 1 fully saturated rings. The van der Waals surface area contributed by atoms with Crippen molar-refractivity contribution in [2.24, 2.45) is 5.92 Å². The van der Waals surface area contributed by atoms with Crippen LogP contribution >= 0.6 is 0 Å². The molecule has 3 unspecified atom stereocenters. The highest BCUT2D eigenvalue weighted by Gasteiger charge is 2.33. The summed E-state index contributed by atoms with van der Waals surface area (Å²) in [4.78, 5) is 0. The third-order valence-electron chi connectivity index (χ3n) is 4.26.